The summed E-state index contributed by atoms with van der Waals surface area (Å²) in [6, 6.07) is 0. The Balaban J connectivity index is 2.67. The van der Waals surface area contributed by atoms with Crippen LogP contribution in [0, 0.1) is 0 Å². The van der Waals surface area contributed by atoms with Gasteiger partial charge in [-0.05, 0) is 33.5 Å². The van der Waals surface area contributed by atoms with Gasteiger partial charge in [-0.3, -0.25) is 4.79 Å². The minimum atomic E-state index is -1.55. The van der Waals surface area contributed by atoms with Crippen molar-refractivity contribution in [2.24, 2.45) is 0 Å². The Kier molecular flexibility index (Phi) is 3.44. The van der Waals surface area contributed by atoms with E-state index in [2.05, 4.69) is 33.5 Å². The highest BCUT2D eigenvalue weighted by Crippen LogP contribution is 2.50. The molecule has 1 aliphatic heterocycles. The summed E-state index contributed by atoms with van der Waals surface area (Å²) in [6.07, 6.45) is 1.65. The number of thioether (sulfide) groups is 2. The van der Waals surface area contributed by atoms with Gasteiger partial charge in [0.25, 0.3) is 0 Å². The van der Waals surface area contributed by atoms with Gasteiger partial charge in [0.1, 0.15) is 0 Å². The Morgan fingerprint density at radius 3 is 2.21 bits per heavy atom. The summed E-state index contributed by atoms with van der Waals surface area (Å²) in [7, 11) is -1.55. The van der Waals surface area contributed by atoms with Gasteiger partial charge < -0.3 is 4.43 Å². The second-order valence-electron chi connectivity index (χ2n) is 4.60. The van der Waals surface area contributed by atoms with Crippen LogP contribution in [0.3, 0.4) is 0 Å². The van der Waals surface area contributed by atoms with Crippen molar-refractivity contribution >= 4 is 37.0 Å². The normalized spacial score (nSPS) is 24.4. The van der Waals surface area contributed by atoms with E-state index < -0.39 is 8.32 Å². The quantitative estimate of drug-likeness (QED) is 0.425. The van der Waals surface area contributed by atoms with Crippen molar-refractivity contribution in [3.8, 4) is 0 Å². The molecule has 0 spiro atoms. The molecule has 0 unspecified atom stereocenters. The largest absolute Gasteiger partial charge is 0.549 e. The van der Waals surface area contributed by atoms with Crippen molar-refractivity contribution in [1.29, 1.82) is 0 Å². The molecule has 0 radical (unpaired) electrons. The first kappa shape index (κ1) is 12.2. The van der Waals surface area contributed by atoms with E-state index in [4.69, 9.17) is 4.43 Å². The first-order chi connectivity index (χ1) is 6.20. The van der Waals surface area contributed by atoms with E-state index in [9.17, 15) is 4.79 Å². The smallest absolute Gasteiger partial charge is 0.241 e. The maximum atomic E-state index is 11.5. The maximum absolute atomic E-state index is 11.5. The van der Waals surface area contributed by atoms with Crippen LogP contribution in [0.2, 0.25) is 19.6 Å². The summed E-state index contributed by atoms with van der Waals surface area (Å²) < 4.78 is 5.56. The fourth-order valence-corrected chi connectivity index (χ4v) is 3.68. The van der Waals surface area contributed by atoms with Gasteiger partial charge in [-0.25, -0.2) is 0 Å². The Morgan fingerprint density at radius 1 is 1.29 bits per heavy atom. The van der Waals surface area contributed by atoms with E-state index >= 15 is 0 Å². The molecule has 5 heteroatoms. The number of rotatable bonds is 2. The first-order valence-electron chi connectivity index (χ1n) is 4.50. The fourth-order valence-electron chi connectivity index (χ4n) is 0.903. The second-order valence-corrected chi connectivity index (χ2v) is 12.6. The molecule has 0 aromatic carbocycles. The van der Waals surface area contributed by atoms with E-state index in [1.807, 2.05) is 0 Å². The summed E-state index contributed by atoms with van der Waals surface area (Å²) in [5.41, 5.74) is 0. The minimum Gasteiger partial charge on any atom is -0.549 e. The molecule has 80 valence electrons. The van der Waals surface area contributed by atoms with Crippen LogP contribution in [-0.4, -0.2) is 17.5 Å². The predicted octanol–water partition coefficient (Wildman–Crippen LogP) is 3.42. The number of hydrogen-bond donors (Lipinski definition) is 0. The van der Waals surface area contributed by atoms with Crippen LogP contribution in [-0.2, 0) is 9.22 Å². The van der Waals surface area contributed by atoms with Gasteiger partial charge in [-0.15, -0.1) is 11.8 Å². The monoisotopic (exact) mass is 248 g/mol. The zero-order chi connectivity index (χ0) is 11.0. The lowest BCUT2D eigenvalue weighted by atomic mass is 10.5. The lowest BCUT2D eigenvalue weighted by molar-refractivity contribution is -0.107. The van der Waals surface area contributed by atoms with E-state index in [0.717, 1.165) is 4.91 Å². The summed E-state index contributed by atoms with van der Waals surface area (Å²) in [4.78, 5) is 12.3. The van der Waals surface area contributed by atoms with Crippen LogP contribution in [0.5, 0.6) is 0 Å². The zero-order valence-corrected chi connectivity index (χ0v) is 11.8. The molecule has 0 saturated carbocycles. The van der Waals surface area contributed by atoms with Crippen LogP contribution in [0.4, 0.5) is 0 Å². The standard InChI is InChI=1S/C9H16O2S2Si/c1-9(2)12-7(8(10)13-9)6-11-14(3,4)5/h6H,1-5H3. The molecule has 0 aromatic heterocycles. The lowest BCUT2D eigenvalue weighted by Crippen LogP contribution is -2.22. The molecular weight excluding hydrogens is 232 g/mol. The van der Waals surface area contributed by atoms with Crippen molar-refractivity contribution in [1.82, 2.24) is 0 Å². The Bertz CT molecular complexity index is 279. The molecule has 0 atom stereocenters. The van der Waals surface area contributed by atoms with Gasteiger partial charge in [-0.2, -0.15) is 0 Å². The molecule has 1 aliphatic rings. The van der Waals surface area contributed by atoms with Crippen molar-refractivity contribution in [3.05, 3.63) is 11.2 Å². The van der Waals surface area contributed by atoms with E-state index in [0.29, 0.717) is 0 Å². The molecule has 0 aliphatic carbocycles. The van der Waals surface area contributed by atoms with Crippen LogP contribution in [0.1, 0.15) is 13.8 Å². The van der Waals surface area contributed by atoms with E-state index in [1.54, 1.807) is 18.0 Å². The average Bonchev–Trinajstić information content (AvgIpc) is 2.19. The van der Waals surface area contributed by atoms with Gasteiger partial charge in [0.05, 0.1) is 15.2 Å². The third kappa shape index (κ3) is 3.71. The molecule has 2 nitrogen and oxygen atoms in total. The fraction of sp³-hybridized carbons (Fsp3) is 0.667. The highest BCUT2D eigenvalue weighted by atomic mass is 32.2. The van der Waals surface area contributed by atoms with E-state index in [-0.39, 0.29) is 9.19 Å². The summed E-state index contributed by atoms with van der Waals surface area (Å²) in [6.45, 7) is 10.4. The van der Waals surface area contributed by atoms with Crippen LogP contribution in [0.25, 0.3) is 0 Å². The van der Waals surface area contributed by atoms with Gasteiger partial charge in [0.15, 0.2) is 0 Å². The van der Waals surface area contributed by atoms with Crippen molar-refractivity contribution in [2.45, 2.75) is 37.6 Å². The van der Waals surface area contributed by atoms with Gasteiger partial charge in [0.2, 0.25) is 13.4 Å². The molecule has 1 heterocycles. The van der Waals surface area contributed by atoms with Crippen molar-refractivity contribution in [2.75, 3.05) is 0 Å². The van der Waals surface area contributed by atoms with E-state index in [1.165, 1.54) is 11.8 Å². The lowest BCUT2D eigenvalue weighted by Gasteiger charge is -2.15. The molecule has 1 rings (SSSR count). The number of carbonyl (C=O) groups excluding carboxylic acids is 1. The van der Waals surface area contributed by atoms with Crippen molar-refractivity contribution in [3.63, 3.8) is 0 Å². The van der Waals surface area contributed by atoms with Gasteiger partial charge >= 0.3 is 0 Å². The molecule has 0 amide bonds. The van der Waals surface area contributed by atoms with Crippen LogP contribution >= 0.6 is 23.5 Å². The average molecular weight is 248 g/mol. The first-order valence-corrected chi connectivity index (χ1v) is 9.54. The molecule has 1 saturated heterocycles. The van der Waals surface area contributed by atoms with Gasteiger partial charge in [-0.1, -0.05) is 11.8 Å². The Labute approximate surface area is 95.0 Å². The molecule has 0 bridgehead atoms. The van der Waals surface area contributed by atoms with Gasteiger partial charge in [0, 0.05) is 0 Å². The summed E-state index contributed by atoms with van der Waals surface area (Å²) >= 11 is 2.96. The molecular formula is C9H16O2S2Si. The summed E-state index contributed by atoms with van der Waals surface area (Å²) in [5.74, 6) is 0. The third-order valence-corrected chi connectivity index (χ3v) is 4.76. The minimum absolute atomic E-state index is 0.0360. The van der Waals surface area contributed by atoms with Crippen LogP contribution < -0.4 is 0 Å². The molecule has 14 heavy (non-hydrogen) atoms. The molecule has 1 fully saturated rings. The molecule has 0 N–H and O–H groups in total. The number of hydrogen-bond acceptors (Lipinski definition) is 4. The van der Waals surface area contributed by atoms with Crippen molar-refractivity contribution < 1.29 is 9.22 Å². The Morgan fingerprint density at radius 2 is 1.86 bits per heavy atom. The zero-order valence-electron chi connectivity index (χ0n) is 9.21. The maximum Gasteiger partial charge on any atom is 0.241 e. The van der Waals surface area contributed by atoms with Crippen LogP contribution in [0.15, 0.2) is 11.2 Å². The third-order valence-electron chi connectivity index (χ3n) is 1.41. The topological polar surface area (TPSA) is 26.3 Å². The highest BCUT2D eigenvalue weighted by molar-refractivity contribution is 8.33. The second kappa shape index (κ2) is 3.94. The molecule has 0 aromatic rings. The SMILES string of the molecule is CC1(C)SC(=O)C(=CO[Si](C)(C)C)S1. The predicted molar refractivity (Wildman–Crippen MR) is 66.8 cm³/mol. The highest BCUT2D eigenvalue weighted by Gasteiger charge is 2.36. The Hall–Kier alpha value is 0.127. The number of carbonyl (C=O) groups is 1. The summed E-state index contributed by atoms with van der Waals surface area (Å²) in [5, 5.41) is 0.137.